The fourth-order valence-corrected chi connectivity index (χ4v) is 3.48. The summed E-state index contributed by atoms with van der Waals surface area (Å²) in [6.07, 6.45) is 4.27. The quantitative estimate of drug-likeness (QED) is 0.786. The molecule has 1 aromatic heterocycles. The van der Waals surface area contributed by atoms with E-state index in [4.69, 9.17) is 21.1 Å². The lowest BCUT2D eigenvalue weighted by atomic mass is 10.2. The second-order valence-electron chi connectivity index (χ2n) is 6.53. The van der Waals surface area contributed by atoms with Gasteiger partial charge in [-0.25, -0.2) is 14.6 Å². The Morgan fingerprint density at radius 2 is 2.11 bits per heavy atom. The molecule has 1 aromatic rings. The molecule has 1 unspecified atom stereocenters. The highest BCUT2D eigenvalue weighted by atomic mass is 35.5. The Hall–Kier alpha value is -2.06. The van der Waals surface area contributed by atoms with Crippen LogP contribution in [-0.4, -0.2) is 67.5 Å². The summed E-state index contributed by atoms with van der Waals surface area (Å²) in [4.78, 5) is 32.3. The van der Waals surface area contributed by atoms with Gasteiger partial charge in [0.25, 0.3) is 0 Å². The molecule has 3 heterocycles. The summed E-state index contributed by atoms with van der Waals surface area (Å²) >= 11 is 6.31. The van der Waals surface area contributed by atoms with E-state index in [1.54, 1.807) is 17.9 Å². The van der Waals surface area contributed by atoms with Gasteiger partial charge in [-0.2, -0.15) is 0 Å². The summed E-state index contributed by atoms with van der Waals surface area (Å²) in [5.74, 6) is 0.172. The monoisotopic (exact) mass is 396 g/mol. The highest BCUT2D eigenvalue weighted by Gasteiger charge is 2.26. The standard InChI is InChI=1S/C18H25ClN4O4/c1-2-26-17(24)13-11-14(19)16(20-12-13)22-6-8-23(9-7-22)18(25)21-15-5-3-4-10-27-15/h11-12,15H,2-10H2,1H3,(H,21,25). The zero-order chi connectivity index (χ0) is 19.2. The van der Waals surface area contributed by atoms with Crippen LogP contribution >= 0.6 is 11.6 Å². The van der Waals surface area contributed by atoms with Crippen LogP contribution < -0.4 is 10.2 Å². The van der Waals surface area contributed by atoms with Gasteiger partial charge < -0.3 is 24.6 Å². The van der Waals surface area contributed by atoms with Crippen molar-refractivity contribution in [3.63, 3.8) is 0 Å². The van der Waals surface area contributed by atoms with Gasteiger partial charge in [-0.05, 0) is 32.3 Å². The summed E-state index contributed by atoms with van der Waals surface area (Å²) in [5.41, 5.74) is 0.330. The van der Waals surface area contributed by atoms with E-state index in [1.165, 1.54) is 6.20 Å². The van der Waals surface area contributed by atoms with Gasteiger partial charge in [0.15, 0.2) is 0 Å². The number of hydrogen-bond donors (Lipinski definition) is 1. The van der Waals surface area contributed by atoms with Gasteiger partial charge >= 0.3 is 12.0 Å². The zero-order valence-corrected chi connectivity index (χ0v) is 16.2. The van der Waals surface area contributed by atoms with E-state index in [0.717, 1.165) is 19.3 Å². The van der Waals surface area contributed by atoms with E-state index in [2.05, 4.69) is 10.3 Å². The van der Waals surface area contributed by atoms with Gasteiger partial charge in [-0.15, -0.1) is 0 Å². The molecule has 0 bridgehead atoms. The van der Waals surface area contributed by atoms with Gasteiger partial charge in [-0.3, -0.25) is 0 Å². The van der Waals surface area contributed by atoms with Crippen LogP contribution in [0.1, 0.15) is 36.5 Å². The number of urea groups is 1. The number of ether oxygens (including phenoxy) is 2. The molecule has 0 saturated carbocycles. The number of hydrogen-bond acceptors (Lipinski definition) is 6. The Morgan fingerprint density at radius 3 is 2.74 bits per heavy atom. The fraction of sp³-hybridized carbons (Fsp3) is 0.611. The Balaban J connectivity index is 1.54. The number of anilines is 1. The predicted octanol–water partition coefficient (Wildman–Crippen LogP) is 2.27. The molecule has 1 atom stereocenters. The fourth-order valence-electron chi connectivity index (χ4n) is 3.19. The minimum Gasteiger partial charge on any atom is -0.462 e. The smallest absolute Gasteiger partial charge is 0.339 e. The van der Waals surface area contributed by atoms with Crippen molar-refractivity contribution >= 4 is 29.4 Å². The lowest BCUT2D eigenvalue weighted by Crippen LogP contribution is -2.54. The van der Waals surface area contributed by atoms with Crippen molar-refractivity contribution in [3.8, 4) is 0 Å². The lowest BCUT2D eigenvalue weighted by molar-refractivity contribution is -0.000768. The van der Waals surface area contributed by atoms with Crippen molar-refractivity contribution < 1.29 is 19.1 Å². The first-order valence-corrected chi connectivity index (χ1v) is 9.71. The van der Waals surface area contributed by atoms with Crippen LogP contribution in [0.4, 0.5) is 10.6 Å². The number of carbonyl (C=O) groups is 2. The molecule has 0 aromatic carbocycles. The van der Waals surface area contributed by atoms with E-state index in [1.807, 2.05) is 4.90 Å². The van der Waals surface area contributed by atoms with Crippen LogP contribution in [0.25, 0.3) is 0 Å². The number of amides is 2. The minimum atomic E-state index is -0.440. The maximum atomic E-state index is 12.4. The summed E-state index contributed by atoms with van der Waals surface area (Å²) < 4.78 is 10.5. The van der Waals surface area contributed by atoms with Crippen molar-refractivity contribution in [2.75, 3.05) is 44.3 Å². The van der Waals surface area contributed by atoms with E-state index in [-0.39, 0.29) is 12.3 Å². The maximum absolute atomic E-state index is 12.4. The first kappa shape index (κ1) is 19.7. The van der Waals surface area contributed by atoms with Crippen LogP contribution in [0.3, 0.4) is 0 Å². The number of halogens is 1. The molecule has 3 rings (SSSR count). The molecule has 2 amide bonds. The van der Waals surface area contributed by atoms with Gasteiger partial charge in [0.2, 0.25) is 0 Å². The Kier molecular flexibility index (Phi) is 6.73. The average Bonchev–Trinajstić information content (AvgIpc) is 2.69. The number of pyridine rings is 1. The van der Waals surface area contributed by atoms with Crippen LogP contribution in [0.2, 0.25) is 5.02 Å². The molecule has 8 nitrogen and oxygen atoms in total. The average molecular weight is 397 g/mol. The van der Waals surface area contributed by atoms with Crippen LogP contribution in [0, 0.1) is 0 Å². The third-order valence-electron chi connectivity index (χ3n) is 4.66. The topological polar surface area (TPSA) is 84.0 Å². The summed E-state index contributed by atoms with van der Waals surface area (Å²) in [7, 11) is 0. The van der Waals surface area contributed by atoms with Crippen LogP contribution in [0.15, 0.2) is 12.3 Å². The molecule has 148 valence electrons. The summed E-state index contributed by atoms with van der Waals surface area (Å²) in [6.45, 7) is 5.11. The Bertz CT molecular complexity index is 673. The number of nitrogens with zero attached hydrogens (tertiary/aromatic N) is 3. The molecule has 9 heteroatoms. The minimum absolute atomic E-state index is 0.0988. The molecule has 2 fully saturated rings. The maximum Gasteiger partial charge on any atom is 0.339 e. The van der Waals surface area contributed by atoms with Crippen LogP contribution in [-0.2, 0) is 9.47 Å². The van der Waals surface area contributed by atoms with Crippen molar-refractivity contribution in [1.29, 1.82) is 0 Å². The molecule has 1 N–H and O–H groups in total. The molecule has 2 aliphatic heterocycles. The number of rotatable bonds is 4. The second-order valence-corrected chi connectivity index (χ2v) is 6.94. The van der Waals surface area contributed by atoms with E-state index < -0.39 is 5.97 Å². The third-order valence-corrected chi connectivity index (χ3v) is 4.94. The highest BCUT2D eigenvalue weighted by Crippen LogP contribution is 2.25. The summed E-state index contributed by atoms with van der Waals surface area (Å²) in [5, 5.41) is 3.34. The molecule has 0 spiro atoms. The first-order valence-electron chi connectivity index (χ1n) is 9.33. The van der Waals surface area contributed by atoms with Gasteiger partial charge in [0.05, 0.1) is 17.2 Å². The zero-order valence-electron chi connectivity index (χ0n) is 15.4. The van der Waals surface area contributed by atoms with Crippen LogP contribution in [0.5, 0.6) is 0 Å². The van der Waals surface area contributed by atoms with Crippen molar-refractivity contribution in [1.82, 2.24) is 15.2 Å². The highest BCUT2D eigenvalue weighted by molar-refractivity contribution is 6.33. The van der Waals surface area contributed by atoms with Gasteiger partial charge in [0, 0.05) is 39.0 Å². The third kappa shape index (κ3) is 5.01. The van der Waals surface area contributed by atoms with E-state index in [0.29, 0.717) is 55.8 Å². The number of carbonyl (C=O) groups excluding carboxylic acids is 2. The van der Waals surface area contributed by atoms with Crippen molar-refractivity contribution in [2.45, 2.75) is 32.4 Å². The molecule has 27 heavy (non-hydrogen) atoms. The first-order chi connectivity index (χ1) is 13.1. The van der Waals surface area contributed by atoms with Crippen molar-refractivity contribution in [2.24, 2.45) is 0 Å². The predicted molar refractivity (Wildman–Crippen MR) is 101 cm³/mol. The SMILES string of the molecule is CCOC(=O)c1cnc(N2CCN(C(=O)NC3CCCCO3)CC2)c(Cl)c1. The number of piperazine rings is 1. The van der Waals surface area contributed by atoms with Gasteiger partial charge in [-0.1, -0.05) is 11.6 Å². The molecule has 0 aliphatic carbocycles. The molecule has 2 saturated heterocycles. The Labute approximate surface area is 163 Å². The number of nitrogens with one attached hydrogen (secondary N) is 1. The Morgan fingerprint density at radius 1 is 1.33 bits per heavy atom. The van der Waals surface area contributed by atoms with Gasteiger partial charge in [0.1, 0.15) is 12.0 Å². The van der Waals surface area contributed by atoms with E-state index >= 15 is 0 Å². The lowest BCUT2D eigenvalue weighted by Gasteiger charge is -2.36. The number of esters is 1. The molecule has 0 radical (unpaired) electrons. The van der Waals surface area contributed by atoms with Crippen molar-refractivity contribution in [3.05, 3.63) is 22.8 Å². The van der Waals surface area contributed by atoms with E-state index in [9.17, 15) is 9.59 Å². The normalized spacial score (nSPS) is 20.3. The second kappa shape index (κ2) is 9.23. The largest absolute Gasteiger partial charge is 0.462 e. The number of aromatic nitrogens is 1. The molecular formula is C18H25ClN4O4. The molecule has 2 aliphatic rings. The summed E-state index contributed by atoms with van der Waals surface area (Å²) in [6, 6.07) is 1.47. The molecular weight excluding hydrogens is 372 g/mol.